The number of sulfonamides is 1. The minimum Gasteiger partial charge on any atom is -0.323 e. The van der Waals surface area contributed by atoms with Crippen LogP contribution in [0.4, 0.5) is 11.4 Å². The van der Waals surface area contributed by atoms with Gasteiger partial charge in [-0.05, 0) is 37.1 Å². The number of rotatable bonds is 3. The van der Waals surface area contributed by atoms with Crippen molar-refractivity contribution in [2.75, 3.05) is 29.9 Å². The minimum atomic E-state index is -3.55. The molecule has 1 fully saturated rings. The molecule has 0 radical (unpaired) electrons. The topological polar surface area (TPSA) is 86.8 Å². The van der Waals surface area contributed by atoms with Gasteiger partial charge in [0.15, 0.2) is 0 Å². The van der Waals surface area contributed by atoms with Crippen molar-refractivity contribution in [2.45, 2.75) is 17.7 Å². The van der Waals surface area contributed by atoms with Crippen molar-refractivity contribution < 1.29 is 18.0 Å². The summed E-state index contributed by atoms with van der Waals surface area (Å²) >= 11 is 0. The molecule has 0 unspecified atom stereocenters. The van der Waals surface area contributed by atoms with E-state index in [2.05, 4.69) is 5.32 Å². The first kappa shape index (κ1) is 18.6. The molecule has 1 saturated heterocycles. The van der Waals surface area contributed by atoms with Crippen molar-refractivity contribution in [3.05, 3.63) is 54.6 Å². The summed E-state index contributed by atoms with van der Waals surface area (Å²) in [5, 5.41) is 2.77. The molecule has 7 nitrogen and oxygen atoms in total. The highest BCUT2D eigenvalue weighted by Gasteiger charge is 2.36. The molecule has 146 valence electrons. The predicted molar refractivity (Wildman–Crippen MR) is 105 cm³/mol. The van der Waals surface area contributed by atoms with E-state index in [9.17, 15) is 18.0 Å². The molecule has 0 aromatic heterocycles. The van der Waals surface area contributed by atoms with Crippen LogP contribution in [0.15, 0.2) is 59.5 Å². The highest BCUT2D eigenvalue weighted by Crippen LogP contribution is 2.32. The number of amides is 2. The molecular formula is C20H21N3O4S. The molecule has 2 aliphatic heterocycles. The first-order chi connectivity index (χ1) is 13.5. The maximum atomic E-state index is 13.1. The van der Waals surface area contributed by atoms with Crippen molar-refractivity contribution in [2.24, 2.45) is 5.92 Å². The van der Waals surface area contributed by atoms with E-state index in [0.29, 0.717) is 24.2 Å². The summed E-state index contributed by atoms with van der Waals surface area (Å²) < 4.78 is 26.9. The smallest absolute Gasteiger partial charge is 0.244 e. The van der Waals surface area contributed by atoms with Crippen LogP contribution in [0.3, 0.4) is 0 Å². The van der Waals surface area contributed by atoms with Crippen LogP contribution in [-0.2, 0) is 19.6 Å². The van der Waals surface area contributed by atoms with Gasteiger partial charge in [-0.15, -0.1) is 0 Å². The Hall–Kier alpha value is -2.71. The van der Waals surface area contributed by atoms with Gasteiger partial charge in [0.1, 0.15) is 6.54 Å². The van der Waals surface area contributed by atoms with Crippen molar-refractivity contribution in [3.8, 4) is 0 Å². The quantitative estimate of drug-likeness (QED) is 0.856. The van der Waals surface area contributed by atoms with Crippen LogP contribution in [0.5, 0.6) is 0 Å². The van der Waals surface area contributed by atoms with Crippen LogP contribution in [0, 0.1) is 5.92 Å². The summed E-state index contributed by atoms with van der Waals surface area (Å²) in [5.41, 5.74) is 1.31. The number of para-hydroxylation sites is 2. The average molecular weight is 399 g/mol. The number of fused-ring (bicyclic) bond motifs is 1. The number of piperidine rings is 1. The molecular weight excluding hydrogens is 378 g/mol. The summed E-state index contributed by atoms with van der Waals surface area (Å²) in [5.74, 6) is -0.656. The molecule has 0 atom stereocenters. The summed E-state index contributed by atoms with van der Waals surface area (Å²) in [6, 6.07) is 15.5. The summed E-state index contributed by atoms with van der Waals surface area (Å²) in [6.07, 6.45) is 0.871. The zero-order valence-corrected chi connectivity index (χ0v) is 16.1. The van der Waals surface area contributed by atoms with Crippen molar-refractivity contribution in [1.82, 2.24) is 4.31 Å². The van der Waals surface area contributed by atoms with E-state index < -0.39 is 10.0 Å². The fraction of sp³-hybridized carbons (Fsp3) is 0.300. The second kappa shape index (κ2) is 7.37. The van der Waals surface area contributed by atoms with E-state index in [0.717, 1.165) is 0 Å². The van der Waals surface area contributed by atoms with Gasteiger partial charge in [0.2, 0.25) is 21.8 Å². The van der Waals surface area contributed by atoms with E-state index in [4.69, 9.17) is 0 Å². The number of hydrogen-bond acceptors (Lipinski definition) is 4. The van der Waals surface area contributed by atoms with E-state index in [1.165, 1.54) is 9.21 Å². The van der Waals surface area contributed by atoms with Crippen LogP contribution >= 0.6 is 0 Å². The van der Waals surface area contributed by atoms with Gasteiger partial charge in [0.05, 0.1) is 16.3 Å². The molecule has 2 aliphatic rings. The van der Waals surface area contributed by atoms with Crippen LogP contribution < -0.4 is 10.2 Å². The second-order valence-electron chi connectivity index (χ2n) is 6.98. The van der Waals surface area contributed by atoms with Crippen molar-refractivity contribution >= 4 is 33.2 Å². The summed E-state index contributed by atoms with van der Waals surface area (Å²) in [4.78, 5) is 26.8. The molecule has 4 rings (SSSR count). The van der Waals surface area contributed by atoms with E-state index in [1.807, 2.05) is 12.1 Å². The highest BCUT2D eigenvalue weighted by molar-refractivity contribution is 7.89. The van der Waals surface area contributed by atoms with Gasteiger partial charge >= 0.3 is 0 Å². The average Bonchev–Trinajstić information content (AvgIpc) is 2.73. The van der Waals surface area contributed by atoms with Crippen LogP contribution in [-0.4, -0.2) is 44.2 Å². The molecule has 2 amide bonds. The maximum Gasteiger partial charge on any atom is 0.244 e. The number of nitrogens with zero attached hydrogens (tertiary/aromatic N) is 2. The Kier molecular flexibility index (Phi) is 4.91. The van der Waals surface area contributed by atoms with Gasteiger partial charge in [-0.2, -0.15) is 4.31 Å². The predicted octanol–water partition coefficient (Wildman–Crippen LogP) is 2.07. The lowest BCUT2D eigenvalue weighted by Gasteiger charge is -2.35. The number of hydrogen-bond donors (Lipinski definition) is 1. The fourth-order valence-corrected chi connectivity index (χ4v) is 5.23. The lowest BCUT2D eigenvalue weighted by molar-refractivity contribution is -0.125. The van der Waals surface area contributed by atoms with Gasteiger partial charge in [0, 0.05) is 19.0 Å². The number of anilines is 2. The molecule has 1 N–H and O–H groups in total. The van der Waals surface area contributed by atoms with Gasteiger partial charge in [-0.25, -0.2) is 8.42 Å². The lowest BCUT2D eigenvalue weighted by Crippen LogP contribution is -2.48. The van der Waals surface area contributed by atoms with Crippen molar-refractivity contribution in [3.63, 3.8) is 0 Å². The molecule has 8 heteroatoms. The summed E-state index contributed by atoms with van der Waals surface area (Å²) in [7, 11) is -3.55. The number of nitrogens with one attached hydrogen (secondary N) is 1. The Morgan fingerprint density at radius 1 is 0.964 bits per heavy atom. The third-order valence-corrected chi connectivity index (χ3v) is 7.13. The monoisotopic (exact) mass is 399 g/mol. The third kappa shape index (κ3) is 3.41. The fourth-order valence-electron chi connectivity index (χ4n) is 3.73. The Morgan fingerprint density at radius 2 is 1.61 bits per heavy atom. The van der Waals surface area contributed by atoms with E-state index in [1.54, 1.807) is 42.5 Å². The standard InChI is InChI=1S/C20H21N3O4S/c24-19-14-23(18-9-5-4-8-17(18)21-19)20(25)15-10-12-22(13-11-15)28(26,27)16-6-2-1-3-7-16/h1-9,15H,10-14H2,(H,21,24). The number of carbonyl (C=O) groups is 2. The van der Waals surface area contributed by atoms with Gasteiger partial charge in [-0.3, -0.25) is 9.59 Å². The normalized spacial score (nSPS) is 18.4. The Bertz CT molecular complexity index is 999. The SMILES string of the molecule is O=C1CN(C(=O)C2CCN(S(=O)(=O)c3ccccc3)CC2)c2ccccc2N1. The van der Waals surface area contributed by atoms with E-state index in [-0.39, 0.29) is 42.3 Å². The largest absolute Gasteiger partial charge is 0.323 e. The molecule has 28 heavy (non-hydrogen) atoms. The van der Waals surface area contributed by atoms with Gasteiger partial charge in [-0.1, -0.05) is 30.3 Å². The van der Waals surface area contributed by atoms with Crippen LogP contribution in [0.2, 0.25) is 0 Å². The number of benzene rings is 2. The zero-order valence-electron chi connectivity index (χ0n) is 15.2. The second-order valence-corrected chi connectivity index (χ2v) is 8.92. The summed E-state index contributed by atoms with van der Waals surface area (Å²) in [6.45, 7) is 0.559. The third-order valence-electron chi connectivity index (χ3n) is 5.22. The van der Waals surface area contributed by atoms with Crippen molar-refractivity contribution in [1.29, 1.82) is 0 Å². The molecule has 2 heterocycles. The highest BCUT2D eigenvalue weighted by atomic mass is 32.2. The zero-order chi connectivity index (χ0) is 19.7. The molecule has 0 bridgehead atoms. The first-order valence-corrected chi connectivity index (χ1v) is 10.7. The Balaban J connectivity index is 1.47. The molecule has 0 spiro atoms. The van der Waals surface area contributed by atoms with Gasteiger partial charge < -0.3 is 10.2 Å². The lowest BCUT2D eigenvalue weighted by atomic mass is 9.95. The molecule has 0 aliphatic carbocycles. The molecule has 2 aromatic carbocycles. The van der Waals surface area contributed by atoms with E-state index >= 15 is 0 Å². The van der Waals surface area contributed by atoms with Crippen LogP contribution in [0.1, 0.15) is 12.8 Å². The number of carbonyl (C=O) groups excluding carboxylic acids is 2. The molecule has 0 saturated carbocycles. The Morgan fingerprint density at radius 3 is 2.32 bits per heavy atom. The molecule has 2 aromatic rings. The first-order valence-electron chi connectivity index (χ1n) is 9.22. The van der Waals surface area contributed by atoms with Crippen LogP contribution in [0.25, 0.3) is 0 Å². The Labute approximate surface area is 164 Å². The minimum absolute atomic E-state index is 0.0155. The van der Waals surface area contributed by atoms with Gasteiger partial charge in [0.25, 0.3) is 0 Å². The maximum absolute atomic E-state index is 13.1.